The van der Waals surface area contributed by atoms with Gasteiger partial charge in [-0.15, -0.1) is 0 Å². The second-order valence-corrected chi connectivity index (χ2v) is 7.03. The number of hydrazone groups is 1. The van der Waals surface area contributed by atoms with Crippen molar-refractivity contribution in [1.29, 1.82) is 0 Å². The molecule has 0 aliphatic rings. The molecule has 0 unspecified atom stereocenters. The van der Waals surface area contributed by atoms with Gasteiger partial charge in [0.1, 0.15) is 12.4 Å². The van der Waals surface area contributed by atoms with Crippen LogP contribution in [0.2, 0.25) is 5.02 Å². The van der Waals surface area contributed by atoms with Crippen LogP contribution in [0.15, 0.2) is 65.8 Å². The van der Waals surface area contributed by atoms with Gasteiger partial charge in [-0.25, -0.2) is 0 Å². The molecule has 3 nitrogen and oxygen atoms in total. The third kappa shape index (κ3) is 5.35. The highest BCUT2D eigenvalue weighted by Crippen LogP contribution is 2.20. The number of rotatable bonds is 6. The lowest BCUT2D eigenvalue weighted by molar-refractivity contribution is 0.305. The van der Waals surface area contributed by atoms with Crippen LogP contribution in [-0.2, 0) is 6.61 Å². The van der Waals surface area contributed by atoms with Crippen LogP contribution in [0, 0.1) is 20.8 Å². The summed E-state index contributed by atoms with van der Waals surface area (Å²) in [5, 5.41) is 5.00. The Labute approximate surface area is 165 Å². The van der Waals surface area contributed by atoms with Crippen LogP contribution in [0.1, 0.15) is 27.8 Å². The molecule has 3 aromatic rings. The van der Waals surface area contributed by atoms with Crippen LogP contribution >= 0.6 is 11.6 Å². The Morgan fingerprint density at radius 2 is 1.78 bits per heavy atom. The van der Waals surface area contributed by atoms with Crippen molar-refractivity contribution in [3.63, 3.8) is 0 Å². The molecule has 3 rings (SSSR count). The van der Waals surface area contributed by atoms with E-state index in [0.717, 1.165) is 27.6 Å². The molecule has 0 saturated heterocycles. The molecule has 0 radical (unpaired) electrons. The molecule has 3 aromatic carbocycles. The average molecular weight is 379 g/mol. The third-order valence-electron chi connectivity index (χ3n) is 4.34. The van der Waals surface area contributed by atoms with E-state index in [1.165, 1.54) is 16.7 Å². The highest BCUT2D eigenvalue weighted by atomic mass is 35.5. The summed E-state index contributed by atoms with van der Waals surface area (Å²) in [5.41, 5.74) is 9.52. The van der Waals surface area contributed by atoms with Crippen LogP contribution in [0.25, 0.3) is 0 Å². The number of nitrogens with one attached hydrogen (secondary N) is 1. The van der Waals surface area contributed by atoms with E-state index in [0.29, 0.717) is 6.61 Å². The quantitative estimate of drug-likeness (QED) is 0.404. The van der Waals surface area contributed by atoms with Crippen molar-refractivity contribution in [3.8, 4) is 5.75 Å². The average Bonchev–Trinajstić information content (AvgIpc) is 2.66. The SMILES string of the molecule is Cc1ccc(C)c(COc2cccc(C=NNc3ccc(C)c(Cl)c3)c2)c1. The van der Waals surface area contributed by atoms with Gasteiger partial charge in [-0.3, -0.25) is 5.43 Å². The summed E-state index contributed by atoms with van der Waals surface area (Å²) < 4.78 is 5.96. The van der Waals surface area contributed by atoms with Crippen molar-refractivity contribution >= 4 is 23.5 Å². The zero-order valence-corrected chi connectivity index (χ0v) is 16.5. The maximum absolute atomic E-state index is 6.13. The Bertz CT molecular complexity index is 966. The number of hydrogen-bond donors (Lipinski definition) is 1. The van der Waals surface area contributed by atoms with Gasteiger partial charge in [0.2, 0.25) is 0 Å². The van der Waals surface area contributed by atoms with Crippen molar-refractivity contribution < 1.29 is 4.74 Å². The maximum atomic E-state index is 6.13. The number of anilines is 1. The Balaban J connectivity index is 1.62. The third-order valence-corrected chi connectivity index (χ3v) is 4.74. The standard InChI is InChI=1S/C23H23ClN2O/c1-16-7-8-17(2)20(11-16)15-27-22-6-4-5-19(12-22)14-25-26-21-10-9-18(3)23(24)13-21/h4-14,26H,15H2,1-3H3. The lowest BCUT2D eigenvalue weighted by Gasteiger charge is -2.10. The molecule has 138 valence electrons. The van der Waals surface area contributed by atoms with Gasteiger partial charge in [-0.1, -0.05) is 53.6 Å². The van der Waals surface area contributed by atoms with E-state index in [1.807, 2.05) is 49.4 Å². The monoisotopic (exact) mass is 378 g/mol. The Kier molecular flexibility index (Phi) is 6.15. The minimum absolute atomic E-state index is 0.550. The van der Waals surface area contributed by atoms with E-state index in [1.54, 1.807) is 6.21 Å². The second-order valence-electron chi connectivity index (χ2n) is 6.63. The highest BCUT2D eigenvalue weighted by Gasteiger charge is 2.01. The minimum atomic E-state index is 0.550. The molecule has 0 heterocycles. The van der Waals surface area contributed by atoms with Crippen molar-refractivity contribution in [2.24, 2.45) is 5.10 Å². The first-order valence-corrected chi connectivity index (χ1v) is 9.23. The van der Waals surface area contributed by atoms with Gasteiger partial charge in [-0.2, -0.15) is 5.10 Å². The molecule has 0 aliphatic heterocycles. The van der Waals surface area contributed by atoms with Gasteiger partial charge < -0.3 is 4.74 Å². The number of nitrogens with zero attached hydrogens (tertiary/aromatic N) is 1. The molecular weight excluding hydrogens is 356 g/mol. The summed E-state index contributed by atoms with van der Waals surface area (Å²) in [6.45, 7) is 6.71. The molecule has 0 aliphatic carbocycles. The van der Waals surface area contributed by atoms with Crippen molar-refractivity contribution in [3.05, 3.63) is 93.5 Å². The zero-order chi connectivity index (χ0) is 19.2. The van der Waals surface area contributed by atoms with Crippen molar-refractivity contribution in [2.45, 2.75) is 27.4 Å². The lowest BCUT2D eigenvalue weighted by atomic mass is 10.1. The minimum Gasteiger partial charge on any atom is -0.489 e. The van der Waals surface area contributed by atoms with E-state index in [9.17, 15) is 0 Å². The molecule has 1 N–H and O–H groups in total. The first-order chi connectivity index (χ1) is 13.0. The lowest BCUT2D eigenvalue weighted by Crippen LogP contribution is -1.99. The van der Waals surface area contributed by atoms with Crippen LogP contribution in [0.3, 0.4) is 0 Å². The fourth-order valence-corrected chi connectivity index (χ4v) is 2.83. The van der Waals surface area contributed by atoms with Crippen molar-refractivity contribution in [1.82, 2.24) is 0 Å². The molecule has 0 amide bonds. The van der Waals surface area contributed by atoms with E-state index in [4.69, 9.17) is 16.3 Å². The molecule has 0 fully saturated rings. The molecule has 0 atom stereocenters. The Morgan fingerprint density at radius 3 is 2.59 bits per heavy atom. The first kappa shape index (κ1) is 19.0. The summed E-state index contributed by atoms with van der Waals surface area (Å²) in [7, 11) is 0. The summed E-state index contributed by atoms with van der Waals surface area (Å²) in [6.07, 6.45) is 1.76. The number of hydrogen-bond acceptors (Lipinski definition) is 3. The Morgan fingerprint density at radius 1 is 0.963 bits per heavy atom. The van der Waals surface area contributed by atoms with Gasteiger partial charge >= 0.3 is 0 Å². The van der Waals surface area contributed by atoms with E-state index >= 15 is 0 Å². The van der Waals surface area contributed by atoms with E-state index in [-0.39, 0.29) is 0 Å². The van der Waals surface area contributed by atoms with Crippen LogP contribution in [-0.4, -0.2) is 6.21 Å². The van der Waals surface area contributed by atoms with Crippen LogP contribution < -0.4 is 10.2 Å². The molecule has 0 saturated carbocycles. The van der Waals surface area contributed by atoms with Gasteiger partial charge in [0.25, 0.3) is 0 Å². The first-order valence-electron chi connectivity index (χ1n) is 8.85. The Hall–Kier alpha value is -2.78. The normalized spacial score (nSPS) is 11.0. The molecule has 0 aromatic heterocycles. The predicted octanol–water partition coefficient (Wildman–Crippen LogP) is 6.29. The summed E-state index contributed by atoms with van der Waals surface area (Å²) >= 11 is 6.13. The highest BCUT2D eigenvalue weighted by molar-refractivity contribution is 6.31. The maximum Gasteiger partial charge on any atom is 0.120 e. The summed E-state index contributed by atoms with van der Waals surface area (Å²) in [4.78, 5) is 0. The van der Waals surface area contributed by atoms with E-state index < -0.39 is 0 Å². The molecular formula is C23H23ClN2O. The predicted molar refractivity (Wildman–Crippen MR) is 114 cm³/mol. The second kappa shape index (κ2) is 8.74. The zero-order valence-electron chi connectivity index (χ0n) is 15.8. The number of halogens is 1. The van der Waals surface area contributed by atoms with Gasteiger partial charge in [0.05, 0.1) is 11.9 Å². The fraction of sp³-hybridized carbons (Fsp3) is 0.174. The number of benzene rings is 3. The molecule has 4 heteroatoms. The smallest absolute Gasteiger partial charge is 0.120 e. The number of ether oxygens (including phenoxy) is 1. The van der Waals surface area contributed by atoms with Gasteiger partial charge in [0.15, 0.2) is 0 Å². The largest absolute Gasteiger partial charge is 0.489 e. The fourth-order valence-electron chi connectivity index (χ4n) is 2.65. The topological polar surface area (TPSA) is 33.6 Å². The van der Waals surface area contributed by atoms with Crippen molar-refractivity contribution in [2.75, 3.05) is 5.43 Å². The summed E-state index contributed by atoms with van der Waals surface area (Å²) in [6, 6.07) is 20.0. The van der Waals surface area contributed by atoms with Gasteiger partial charge in [-0.05, 0) is 67.3 Å². The van der Waals surface area contributed by atoms with Crippen LogP contribution in [0.5, 0.6) is 5.75 Å². The molecule has 0 bridgehead atoms. The van der Waals surface area contributed by atoms with Crippen LogP contribution in [0.4, 0.5) is 5.69 Å². The van der Waals surface area contributed by atoms with Gasteiger partial charge in [0, 0.05) is 5.02 Å². The number of aryl methyl sites for hydroxylation is 3. The summed E-state index contributed by atoms with van der Waals surface area (Å²) in [5.74, 6) is 0.818. The molecule has 27 heavy (non-hydrogen) atoms. The van der Waals surface area contributed by atoms with E-state index in [2.05, 4.69) is 42.6 Å². The molecule has 0 spiro atoms.